The van der Waals surface area contributed by atoms with Crippen LogP contribution in [0.2, 0.25) is 0 Å². The van der Waals surface area contributed by atoms with E-state index in [9.17, 15) is 12.8 Å². The van der Waals surface area contributed by atoms with Crippen molar-refractivity contribution < 1.29 is 22.3 Å². The zero-order valence-corrected chi connectivity index (χ0v) is 13.5. The highest BCUT2D eigenvalue weighted by molar-refractivity contribution is 7.88. The number of halogens is 1. The van der Waals surface area contributed by atoms with E-state index >= 15 is 0 Å². The Labute approximate surface area is 130 Å². The van der Waals surface area contributed by atoms with E-state index < -0.39 is 21.6 Å². The molecule has 0 amide bonds. The van der Waals surface area contributed by atoms with Crippen molar-refractivity contribution in [1.82, 2.24) is 4.31 Å². The molecule has 22 heavy (non-hydrogen) atoms. The van der Waals surface area contributed by atoms with Gasteiger partial charge in [-0.3, -0.25) is 0 Å². The molecule has 0 unspecified atom stereocenters. The van der Waals surface area contributed by atoms with Crippen molar-refractivity contribution in [1.29, 1.82) is 0 Å². The second-order valence-electron chi connectivity index (χ2n) is 6.63. The molecular weight excluding hydrogens is 309 g/mol. The minimum absolute atomic E-state index is 0.186. The molecular formula is C15H20FNO4S. The fourth-order valence-electron chi connectivity index (χ4n) is 2.75. The number of benzene rings is 1. The summed E-state index contributed by atoms with van der Waals surface area (Å²) in [7, 11) is -3.44. The molecule has 0 aromatic heterocycles. The number of hydrogen-bond acceptors (Lipinski definition) is 4. The quantitative estimate of drug-likeness (QED) is 0.848. The van der Waals surface area contributed by atoms with E-state index in [0.29, 0.717) is 31.9 Å². The molecule has 1 aromatic carbocycles. The average molecular weight is 329 g/mol. The van der Waals surface area contributed by atoms with E-state index in [0.717, 1.165) is 0 Å². The molecule has 122 valence electrons. The van der Waals surface area contributed by atoms with Crippen LogP contribution in [0, 0.1) is 11.2 Å². The van der Waals surface area contributed by atoms with Gasteiger partial charge in [0, 0.05) is 18.5 Å². The Balaban J connectivity index is 1.62. The lowest BCUT2D eigenvalue weighted by Crippen LogP contribution is -2.65. The normalized spacial score (nSPS) is 24.1. The molecule has 1 spiro atoms. The van der Waals surface area contributed by atoms with Crippen molar-refractivity contribution in [2.45, 2.75) is 25.4 Å². The van der Waals surface area contributed by atoms with Gasteiger partial charge < -0.3 is 9.47 Å². The first kappa shape index (κ1) is 15.9. The maximum atomic E-state index is 13.2. The molecule has 0 saturated carbocycles. The summed E-state index contributed by atoms with van der Waals surface area (Å²) >= 11 is 0. The molecule has 1 aromatic rings. The van der Waals surface area contributed by atoms with Gasteiger partial charge in [-0.05, 0) is 31.5 Å². The Hall–Kier alpha value is -1.02. The topological polar surface area (TPSA) is 55.8 Å². The van der Waals surface area contributed by atoms with Crippen LogP contribution in [0.5, 0.6) is 0 Å². The molecule has 0 atom stereocenters. The zero-order chi connectivity index (χ0) is 16.0. The number of nitrogens with zero attached hydrogens (tertiary/aromatic N) is 1. The van der Waals surface area contributed by atoms with E-state index in [1.807, 2.05) is 13.8 Å². The van der Waals surface area contributed by atoms with Gasteiger partial charge in [0.15, 0.2) is 5.79 Å². The molecule has 5 nitrogen and oxygen atoms in total. The van der Waals surface area contributed by atoms with Gasteiger partial charge in [-0.25, -0.2) is 17.1 Å². The van der Waals surface area contributed by atoms with Gasteiger partial charge in [-0.15, -0.1) is 0 Å². The van der Waals surface area contributed by atoms with Gasteiger partial charge in [-0.2, -0.15) is 0 Å². The van der Waals surface area contributed by atoms with Gasteiger partial charge in [0.2, 0.25) is 10.0 Å². The maximum absolute atomic E-state index is 13.2. The lowest BCUT2D eigenvalue weighted by Gasteiger charge is -2.53. The Morgan fingerprint density at radius 1 is 1.23 bits per heavy atom. The summed E-state index contributed by atoms with van der Waals surface area (Å²) in [6.07, 6.45) is 0. The summed E-state index contributed by atoms with van der Waals surface area (Å²) in [6, 6.07) is 5.68. The summed E-state index contributed by atoms with van der Waals surface area (Å²) in [5.74, 6) is -1.22. The third-order valence-corrected chi connectivity index (χ3v) is 5.85. The number of ether oxygens (including phenoxy) is 2. The smallest absolute Gasteiger partial charge is 0.218 e. The monoisotopic (exact) mass is 329 g/mol. The second-order valence-corrected chi connectivity index (χ2v) is 8.60. The predicted molar refractivity (Wildman–Crippen MR) is 79.0 cm³/mol. The van der Waals surface area contributed by atoms with E-state index in [1.54, 1.807) is 6.07 Å². The van der Waals surface area contributed by atoms with Gasteiger partial charge in [-0.1, -0.05) is 12.1 Å². The number of sulfonamides is 1. The third-order valence-electron chi connectivity index (χ3n) is 4.11. The van der Waals surface area contributed by atoms with Crippen LogP contribution in [-0.2, 0) is 25.2 Å². The van der Waals surface area contributed by atoms with Crippen LogP contribution in [0.15, 0.2) is 24.3 Å². The Kier molecular flexibility index (Phi) is 3.79. The van der Waals surface area contributed by atoms with Crippen LogP contribution in [0.1, 0.15) is 19.4 Å². The fourth-order valence-corrected chi connectivity index (χ4v) is 4.47. The van der Waals surface area contributed by atoms with E-state index in [2.05, 4.69) is 0 Å². The third kappa shape index (κ3) is 3.17. The molecule has 0 radical (unpaired) electrons. The largest absolute Gasteiger partial charge is 0.350 e. The van der Waals surface area contributed by atoms with Crippen LogP contribution >= 0.6 is 0 Å². The van der Waals surface area contributed by atoms with Gasteiger partial charge in [0.05, 0.1) is 19.0 Å². The van der Waals surface area contributed by atoms with Crippen LogP contribution in [0.3, 0.4) is 0 Å². The first-order valence-electron chi connectivity index (χ1n) is 7.20. The predicted octanol–water partition coefficient (Wildman–Crippen LogP) is 1.74. The van der Waals surface area contributed by atoms with Gasteiger partial charge in [0.25, 0.3) is 0 Å². The minimum Gasteiger partial charge on any atom is -0.350 e. The van der Waals surface area contributed by atoms with E-state index in [-0.39, 0.29) is 11.2 Å². The van der Waals surface area contributed by atoms with Crippen molar-refractivity contribution >= 4 is 10.0 Å². The highest BCUT2D eigenvalue weighted by atomic mass is 32.2. The first-order valence-corrected chi connectivity index (χ1v) is 8.81. The first-order chi connectivity index (χ1) is 10.2. The summed E-state index contributed by atoms with van der Waals surface area (Å²) in [5.41, 5.74) is 0.211. The standard InChI is InChI=1S/C15H20FNO4S/c1-14(2)20-10-15(11-21-14)8-17(9-15)22(18,19)7-12-4-3-5-13(16)6-12/h3-6H,7-11H2,1-2H3. The van der Waals surface area contributed by atoms with Crippen molar-refractivity contribution in [3.05, 3.63) is 35.6 Å². The fraction of sp³-hybridized carbons (Fsp3) is 0.600. The Morgan fingerprint density at radius 3 is 2.45 bits per heavy atom. The molecule has 2 aliphatic heterocycles. The van der Waals surface area contributed by atoms with Crippen molar-refractivity contribution in [3.63, 3.8) is 0 Å². The lowest BCUT2D eigenvalue weighted by molar-refractivity contribution is -0.299. The highest BCUT2D eigenvalue weighted by Crippen LogP contribution is 2.39. The van der Waals surface area contributed by atoms with Gasteiger partial charge >= 0.3 is 0 Å². The van der Waals surface area contributed by atoms with Crippen LogP contribution in [0.25, 0.3) is 0 Å². The minimum atomic E-state index is -3.44. The summed E-state index contributed by atoms with van der Waals surface area (Å²) in [6.45, 7) is 5.45. The Bertz CT molecular complexity index is 656. The Morgan fingerprint density at radius 2 is 1.86 bits per heavy atom. The second kappa shape index (κ2) is 5.26. The SMILES string of the molecule is CC1(C)OCC2(CO1)CN(S(=O)(=O)Cc1cccc(F)c1)C2. The lowest BCUT2D eigenvalue weighted by atomic mass is 9.82. The summed E-state index contributed by atoms with van der Waals surface area (Å²) in [4.78, 5) is 0. The number of hydrogen-bond donors (Lipinski definition) is 0. The molecule has 2 aliphatic rings. The summed E-state index contributed by atoms with van der Waals surface area (Å²) in [5, 5.41) is 0. The highest BCUT2D eigenvalue weighted by Gasteiger charge is 2.52. The maximum Gasteiger partial charge on any atom is 0.218 e. The van der Waals surface area contributed by atoms with Gasteiger partial charge in [0.1, 0.15) is 5.82 Å². The molecule has 2 saturated heterocycles. The van der Waals surface area contributed by atoms with Crippen molar-refractivity contribution in [3.8, 4) is 0 Å². The molecule has 0 N–H and O–H groups in total. The molecule has 0 aliphatic carbocycles. The molecule has 7 heteroatoms. The van der Waals surface area contributed by atoms with Crippen LogP contribution < -0.4 is 0 Å². The zero-order valence-electron chi connectivity index (χ0n) is 12.7. The molecule has 2 heterocycles. The van der Waals surface area contributed by atoms with Crippen LogP contribution in [0.4, 0.5) is 4.39 Å². The van der Waals surface area contributed by atoms with Crippen molar-refractivity contribution in [2.75, 3.05) is 26.3 Å². The van der Waals surface area contributed by atoms with Crippen LogP contribution in [-0.4, -0.2) is 44.8 Å². The number of rotatable bonds is 3. The van der Waals surface area contributed by atoms with Crippen molar-refractivity contribution in [2.24, 2.45) is 5.41 Å². The molecule has 0 bridgehead atoms. The molecule has 3 rings (SSSR count). The molecule has 2 fully saturated rings. The summed E-state index contributed by atoms with van der Waals surface area (Å²) < 4.78 is 50.6. The van der Waals surface area contributed by atoms with E-state index in [1.165, 1.54) is 22.5 Å². The van der Waals surface area contributed by atoms with E-state index in [4.69, 9.17) is 9.47 Å². The average Bonchev–Trinajstić information content (AvgIpc) is 2.35.